The summed E-state index contributed by atoms with van der Waals surface area (Å²) in [7, 11) is 3.42. The number of hydrogen-bond acceptors (Lipinski definition) is 4. The largest absolute Gasteiger partial charge is 0.380 e. The predicted molar refractivity (Wildman–Crippen MR) is 69.6 cm³/mol. The van der Waals surface area contributed by atoms with Crippen molar-refractivity contribution in [2.24, 2.45) is 10.2 Å². The molecule has 0 amide bonds. The fraction of sp³-hybridized carbons (Fsp3) is 0.571. The van der Waals surface area contributed by atoms with E-state index >= 15 is 0 Å². The summed E-state index contributed by atoms with van der Waals surface area (Å²) in [5.41, 5.74) is 3.58. The molecule has 1 aromatic carbocycles. The minimum atomic E-state index is 0.214. The molecular formula is C14H20N2O2. The van der Waals surface area contributed by atoms with Gasteiger partial charge in [-0.3, -0.25) is 0 Å². The lowest BCUT2D eigenvalue weighted by atomic mass is 9.97. The average molecular weight is 248 g/mol. The molecule has 1 atom stereocenters. The molecule has 1 aliphatic rings. The van der Waals surface area contributed by atoms with Gasteiger partial charge in [-0.25, -0.2) is 0 Å². The Bertz CT molecular complexity index is 418. The summed E-state index contributed by atoms with van der Waals surface area (Å²) in [6, 6.07) is 6.62. The summed E-state index contributed by atoms with van der Waals surface area (Å²) in [6.45, 7) is 2.09. The Balaban J connectivity index is 2.23. The van der Waals surface area contributed by atoms with Crippen LogP contribution in [0.4, 0.5) is 0 Å². The maximum atomic E-state index is 5.25. The summed E-state index contributed by atoms with van der Waals surface area (Å²) >= 11 is 0. The summed E-state index contributed by atoms with van der Waals surface area (Å²) in [5, 5.41) is 8.47. The van der Waals surface area contributed by atoms with Crippen molar-refractivity contribution < 1.29 is 9.47 Å². The highest BCUT2D eigenvalue weighted by Crippen LogP contribution is 2.28. The molecule has 0 saturated heterocycles. The highest BCUT2D eigenvalue weighted by atomic mass is 16.5. The van der Waals surface area contributed by atoms with E-state index in [1.54, 1.807) is 14.2 Å². The summed E-state index contributed by atoms with van der Waals surface area (Å²) in [6.07, 6.45) is 2.20. The van der Waals surface area contributed by atoms with E-state index in [4.69, 9.17) is 9.47 Å². The first kappa shape index (κ1) is 13.2. The molecule has 0 aliphatic carbocycles. The van der Waals surface area contributed by atoms with E-state index in [1.807, 2.05) is 0 Å². The molecule has 0 N–H and O–H groups in total. The number of rotatable bonds is 5. The highest BCUT2D eigenvalue weighted by molar-refractivity contribution is 5.33. The van der Waals surface area contributed by atoms with Gasteiger partial charge >= 0.3 is 0 Å². The van der Waals surface area contributed by atoms with Gasteiger partial charge in [-0.1, -0.05) is 18.2 Å². The molecule has 1 heterocycles. The molecule has 1 aromatic rings. The molecule has 0 bridgehead atoms. The standard InChI is InChI=1S/C14H20N2O2/c1-17-9-12-6-5-11(8-13(12)10-18-2)14-4-3-7-15-16-14/h5-6,8,14H,3-4,7,9-10H2,1-2H3. The van der Waals surface area contributed by atoms with Crippen LogP contribution in [0.2, 0.25) is 0 Å². The molecule has 0 radical (unpaired) electrons. The third-order valence-corrected chi connectivity index (χ3v) is 3.17. The summed E-state index contributed by atoms with van der Waals surface area (Å²) in [5.74, 6) is 0. The molecule has 4 heteroatoms. The quantitative estimate of drug-likeness (QED) is 0.802. The van der Waals surface area contributed by atoms with Crippen LogP contribution in [-0.4, -0.2) is 20.8 Å². The van der Waals surface area contributed by atoms with Gasteiger partial charge in [-0.2, -0.15) is 10.2 Å². The zero-order valence-electron chi connectivity index (χ0n) is 11.1. The minimum Gasteiger partial charge on any atom is -0.380 e. The Morgan fingerprint density at radius 1 is 1.17 bits per heavy atom. The van der Waals surface area contributed by atoms with Crippen LogP contribution in [0.15, 0.2) is 28.4 Å². The smallest absolute Gasteiger partial charge is 0.0958 e. The lowest BCUT2D eigenvalue weighted by molar-refractivity contribution is 0.168. The fourth-order valence-electron chi connectivity index (χ4n) is 2.24. The van der Waals surface area contributed by atoms with E-state index in [9.17, 15) is 0 Å². The monoisotopic (exact) mass is 248 g/mol. The Labute approximate surface area is 108 Å². The van der Waals surface area contributed by atoms with E-state index in [0.717, 1.165) is 19.4 Å². The van der Waals surface area contributed by atoms with Crippen LogP contribution in [-0.2, 0) is 22.7 Å². The first-order chi connectivity index (χ1) is 8.85. The molecule has 1 aliphatic heterocycles. The maximum absolute atomic E-state index is 5.25. The van der Waals surface area contributed by atoms with E-state index < -0.39 is 0 Å². The van der Waals surface area contributed by atoms with Gasteiger partial charge in [0.1, 0.15) is 0 Å². The van der Waals surface area contributed by atoms with Crippen LogP contribution < -0.4 is 0 Å². The van der Waals surface area contributed by atoms with Gasteiger partial charge < -0.3 is 9.47 Å². The van der Waals surface area contributed by atoms with Crippen LogP contribution in [0.3, 0.4) is 0 Å². The van der Waals surface area contributed by atoms with Gasteiger partial charge in [0, 0.05) is 14.2 Å². The molecule has 1 unspecified atom stereocenters. The zero-order chi connectivity index (χ0) is 12.8. The Morgan fingerprint density at radius 3 is 2.61 bits per heavy atom. The van der Waals surface area contributed by atoms with Gasteiger partial charge in [0.05, 0.1) is 25.8 Å². The maximum Gasteiger partial charge on any atom is 0.0958 e. The summed E-state index contributed by atoms with van der Waals surface area (Å²) in [4.78, 5) is 0. The average Bonchev–Trinajstić information content (AvgIpc) is 2.42. The second-order valence-electron chi connectivity index (χ2n) is 4.53. The van der Waals surface area contributed by atoms with Gasteiger partial charge in [0.25, 0.3) is 0 Å². The number of nitrogens with zero attached hydrogens (tertiary/aromatic N) is 2. The molecular weight excluding hydrogens is 228 g/mol. The first-order valence-corrected chi connectivity index (χ1v) is 6.31. The van der Waals surface area contributed by atoms with Crippen molar-refractivity contribution in [3.8, 4) is 0 Å². The molecule has 0 aromatic heterocycles. The number of methoxy groups -OCH3 is 2. The third kappa shape index (κ3) is 3.15. The lowest BCUT2D eigenvalue weighted by Gasteiger charge is -2.17. The second kappa shape index (κ2) is 6.61. The fourth-order valence-corrected chi connectivity index (χ4v) is 2.24. The second-order valence-corrected chi connectivity index (χ2v) is 4.53. The van der Waals surface area contributed by atoms with Crippen molar-refractivity contribution in [2.45, 2.75) is 32.1 Å². The van der Waals surface area contributed by atoms with Crippen molar-refractivity contribution in [1.82, 2.24) is 0 Å². The summed E-state index contributed by atoms with van der Waals surface area (Å²) < 4.78 is 10.5. The Morgan fingerprint density at radius 2 is 1.94 bits per heavy atom. The van der Waals surface area contributed by atoms with Crippen molar-refractivity contribution in [3.63, 3.8) is 0 Å². The topological polar surface area (TPSA) is 43.2 Å². The Kier molecular flexibility index (Phi) is 4.84. The number of ether oxygens (including phenoxy) is 2. The van der Waals surface area contributed by atoms with Gasteiger partial charge in [0.15, 0.2) is 0 Å². The molecule has 0 fully saturated rings. The number of hydrogen-bond donors (Lipinski definition) is 0. The minimum absolute atomic E-state index is 0.214. The van der Waals surface area contributed by atoms with E-state index in [0.29, 0.717) is 13.2 Å². The van der Waals surface area contributed by atoms with E-state index in [2.05, 4.69) is 28.4 Å². The molecule has 2 rings (SSSR count). The predicted octanol–water partition coefficient (Wildman–Crippen LogP) is 3.27. The molecule has 98 valence electrons. The molecule has 4 nitrogen and oxygen atoms in total. The van der Waals surface area contributed by atoms with Crippen LogP contribution >= 0.6 is 0 Å². The van der Waals surface area contributed by atoms with Crippen LogP contribution in [0.25, 0.3) is 0 Å². The lowest BCUT2D eigenvalue weighted by Crippen LogP contribution is -2.04. The van der Waals surface area contributed by atoms with E-state index in [-0.39, 0.29) is 6.04 Å². The van der Waals surface area contributed by atoms with Crippen molar-refractivity contribution in [3.05, 3.63) is 34.9 Å². The highest BCUT2D eigenvalue weighted by Gasteiger charge is 2.15. The Hall–Kier alpha value is -1.26. The molecule has 18 heavy (non-hydrogen) atoms. The normalized spacial score (nSPS) is 19.1. The van der Waals surface area contributed by atoms with Crippen molar-refractivity contribution in [1.29, 1.82) is 0 Å². The third-order valence-electron chi connectivity index (χ3n) is 3.17. The van der Waals surface area contributed by atoms with Crippen LogP contribution in [0, 0.1) is 0 Å². The first-order valence-electron chi connectivity index (χ1n) is 6.31. The van der Waals surface area contributed by atoms with Crippen LogP contribution in [0.1, 0.15) is 35.6 Å². The van der Waals surface area contributed by atoms with Crippen molar-refractivity contribution in [2.75, 3.05) is 20.8 Å². The van der Waals surface area contributed by atoms with Gasteiger partial charge in [0.2, 0.25) is 0 Å². The molecule has 0 saturated carbocycles. The molecule has 0 spiro atoms. The van der Waals surface area contributed by atoms with Crippen LogP contribution in [0.5, 0.6) is 0 Å². The van der Waals surface area contributed by atoms with Crippen molar-refractivity contribution >= 4 is 0 Å². The number of azo groups is 1. The van der Waals surface area contributed by atoms with E-state index in [1.165, 1.54) is 16.7 Å². The van der Waals surface area contributed by atoms with Gasteiger partial charge in [-0.05, 0) is 29.5 Å². The number of benzene rings is 1. The van der Waals surface area contributed by atoms with Gasteiger partial charge in [-0.15, -0.1) is 0 Å². The zero-order valence-corrected chi connectivity index (χ0v) is 11.1. The SMILES string of the molecule is COCc1ccc(C2CCCN=N2)cc1COC.